The van der Waals surface area contributed by atoms with Crippen LogP contribution in [0.15, 0.2) is 60.7 Å². The van der Waals surface area contributed by atoms with E-state index < -0.39 is 17.5 Å². The molecule has 0 saturated carbocycles. The molecule has 2 aromatic carbocycles. The highest BCUT2D eigenvalue weighted by Gasteiger charge is 2.54. The molecule has 1 aliphatic rings. The largest absolute Gasteiger partial charge is 0.352 e. The number of benzene rings is 2. The van der Waals surface area contributed by atoms with Gasteiger partial charge in [0.05, 0.1) is 0 Å². The van der Waals surface area contributed by atoms with Crippen LogP contribution in [0, 0.1) is 5.92 Å². The van der Waals surface area contributed by atoms with E-state index in [1.807, 2.05) is 67.6 Å². The van der Waals surface area contributed by atoms with E-state index in [1.54, 1.807) is 0 Å². The molecule has 1 atom stereocenters. The van der Waals surface area contributed by atoms with Gasteiger partial charge in [-0.1, -0.05) is 87.4 Å². The SMILES string of the molecule is CC(C)CCCC(C)NC(=O)CN1C(=O)NC(c2ccccc2)(c2ccccc2)C1=O. The van der Waals surface area contributed by atoms with E-state index in [0.29, 0.717) is 17.0 Å². The molecule has 0 aliphatic carbocycles. The Hall–Kier alpha value is -3.15. The number of nitrogens with zero attached hydrogens (tertiary/aromatic N) is 1. The lowest BCUT2D eigenvalue weighted by Gasteiger charge is -2.28. The first-order chi connectivity index (χ1) is 14.8. The number of hydrogen-bond donors (Lipinski definition) is 2. The zero-order chi connectivity index (χ0) is 22.4. The summed E-state index contributed by atoms with van der Waals surface area (Å²) in [4.78, 5) is 40.0. The molecule has 0 radical (unpaired) electrons. The van der Waals surface area contributed by atoms with E-state index in [9.17, 15) is 14.4 Å². The molecule has 1 fully saturated rings. The smallest absolute Gasteiger partial charge is 0.326 e. The van der Waals surface area contributed by atoms with Crippen LogP contribution in [0.1, 0.15) is 51.2 Å². The number of carbonyl (C=O) groups is 3. The van der Waals surface area contributed by atoms with Crippen molar-refractivity contribution in [2.24, 2.45) is 5.92 Å². The summed E-state index contributed by atoms with van der Waals surface area (Å²) in [6, 6.07) is 17.7. The summed E-state index contributed by atoms with van der Waals surface area (Å²) < 4.78 is 0. The topological polar surface area (TPSA) is 78.5 Å². The Morgan fingerprint density at radius 1 is 0.935 bits per heavy atom. The van der Waals surface area contributed by atoms with Crippen molar-refractivity contribution in [2.45, 2.75) is 51.6 Å². The molecular weight excluding hydrogens is 390 g/mol. The van der Waals surface area contributed by atoms with Crippen LogP contribution in [-0.2, 0) is 15.1 Å². The number of urea groups is 1. The second kappa shape index (κ2) is 9.77. The maximum absolute atomic E-state index is 13.6. The highest BCUT2D eigenvalue weighted by Crippen LogP contribution is 2.35. The Bertz CT molecular complexity index is 873. The lowest BCUT2D eigenvalue weighted by Crippen LogP contribution is -2.46. The first kappa shape index (κ1) is 22.5. The first-order valence-electron chi connectivity index (χ1n) is 10.9. The molecule has 0 spiro atoms. The number of imide groups is 1. The van der Waals surface area contributed by atoms with Crippen molar-refractivity contribution in [3.63, 3.8) is 0 Å². The van der Waals surface area contributed by atoms with Crippen molar-refractivity contribution in [1.29, 1.82) is 0 Å². The van der Waals surface area contributed by atoms with Gasteiger partial charge in [-0.3, -0.25) is 14.5 Å². The maximum atomic E-state index is 13.6. The molecule has 6 nitrogen and oxygen atoms in total. The molecule has 31 heavy (non-hydrogen) atoms. The number of hydrogen-bond acceptors (Lipinski definition) is 3. The van der Waals surface area contributed by atoms with E-state index in [1.165, 1.54) is 0 Å². The van der Waals surface area contributed by atoms with Crippen LogP contribution in [0.3, 0.4) is 0 Å². The molecule has 1 unspecified atom stereocenters. The predicted octanol–water partition coefficient (Wildman–Crippen LogP) is 3.81. The molecule has 1 saturated heterocycles. The van der Waals surface area contributed by atoms with Crippen LogP contribution in [0.2, 0.25) is 0 Å². The predicted molar refractivity (Wildman–Crippen MR) is 120 cm³/mol. The third-order valence-corrected chi connectivity index (χ3v) is 5.65. The molecule has 1 aliphatic heterocycles. The molecule has 1 heterocycles. The normalized spacial score (nSPS) is 16.3. The van der Waals surface area contributed by atoms with E-state index >= 15 is 0 Å². The molecule has 6 heteroatoms. The summed E-state index contributed by atoms with van der Waals surface area (Å²) in [7, 11) is 0. The molecule has 4 amide bonds. The highest BCUT2D eigenvalue weighted by molar-refractivity contribution is 6.11. The van der Waals surface area contributed by atoms with Gasteiger partial charge >= 0.3 is 6.03 Å². The fourth-order valence-corrected chi connectivity index (χ4v) is 4.02. The van der Waals surface area contributed by atoms with Gasteiger partial charge < -0.3 is 10.6 Å². The van der Waals surface area contributed by atoms with Gasteiger partial charge in [0.2, 0.25) is 5.91 Å². The fourth-order valence-electron chi connectivity index (χ4n) is 4.02. The van der Waals surface area contributed by atoms with E-state index in [4.69, 9.17) is 0 Å². The zero-order valence-electron chi connectivity index (χ0n) is 18.4. The Morgan fingerprint density at radius 3 is 2.00 bits per heavy atom. The third-order valence-electron chi connectivity index (χ3n) is 5.65. The summed E-state index contributed by atoms with van der Waals surface area (Å²) in [6.07, 6.45) is 2.99. The summed E-state index contributed by atoms with van der Waals surface area (Å²) in [5, 5.41) is 5.78. The highest BCUT2D eigenvalue weighted by atomic mass is 16.2. The van der Waals surface area contributed by atoms with Crippen molar-refractivity contribution in [3.05, 3.63) is 71.8 Å². The van der Waals surface area contributed by atoms with E-state index in [2.05, 4.69) is 24.5 Å². The summed E-state index contributed by atoms with van der Waals surface area (Å²) in [5.41, 5.74) is -0.0306. The average molecular weight is 422 g/mol. The van der Waals surface area contributed by atoms with Crippen molar-refractivity contribution >= 4 is 17.8 Å². The number of nitrogens with one attached hydrogen (secondary N) is 2. The second-order valence-corrected chi connectivity index (χ2v) is 8.60. The number of rotatable bonds is 9. The molecule has 0 aromatic heterocycles. The van der Waals surface area contributed by atoms with Crippen LogP contribution in [0.5, 0.6) is 0 Å². The Labute approximate surface area is 184 Å². The van der Waals surface area contributed by atoms with E-state index in [-0.39, 0.29) is 18.5 Å². The number of carbonyl (C=O) groups excluding carboxylic acids is 3. The van der Waals surface area contributed by atoms with Crippen molar-refractivity contribution < 1.29 is 14.4 Å². The average Bonchev–Trinajstić information content (AvgIpc) is 3.00. The molecule has 2 aromatic rings. The van der Waals surface area contributed by atoms with Gasteiger partial charge in [0, 0.05) is 6.04 Å². The summed E-state index contributed by atoms with van der Waals surface area (Å²) >= 11 is 0. The standard InChI is InChI=1S/C25H31N3O3/c1-18(2)11-10-12-19(3)26-22(29)17-28-23(30)25(27-24(28)31,20-13-6-4-7-14-20)21-15-8-5-9-16-21/h4-9,13-16,18-19H,10-12,17H2,1-3H3,(H,26,29)(H,27,31). The fraction of sp³-hybridized carbons (Fsp3) is 0.400. The molecular formula is C25H31N3O3. The molecule has 3 rings (SSSR count). The monoisotopic (exact) mass is 421 g/mol. The minimum Gasteiger partial charge on any atom is -0.352 e. The van der Waals surface area contributed by atoms with Crippen LogP contribution >= 0.6 is 0 Å². The minimum absolute atomic E-state index is 0.0139. The number of amides is 4. The quantitative estimate of drug-likeness (QED) is 0.604. The zero-order valence-corrected chi connectivity index (χ0v) is 18.4. The van der Waals surface area contributed by atoms with Crippen molar-refractivity contribution in [2.75, 3.05) is 6.54 Å². The van der Waals surface area contributed by atoms with E-state index in [0.717, 1.165) is 24.2 Å². The summed E-state index contributed by atoms with van der Waals surface area (Å²) in [5.74, 6) is -0.159. The van der Waals surface area contributed by atoms with Gasteiger partial charge in [0.1, 0.15) is 6.54 Å². The first-order valence-corrected chi connectivity index (χ1v) is 10.9. The second-order valence-electron chi connectivity index (χ2n) is 8.60. The third kappa shape index (κ3) is 4.95. The van der Waals surface area contributed by atoms with Gasteiger partial charge in [-0.05, 0) is 30.4 Å². The Morgan fingerprint density at radius 2 is 1.48 bits per heavy atom. The Balaban J connectivity index is 1.77. The van der Waals surface area contributed by atoms with Gasteiger partial charge in [-0.2, -0.15) is 0 Å². The molecule has 164 valence electrons. The minimum atomic E-state index is -1.34. The molecule has 0 bridgehead atoms. The van der Waals surface area contributed by atoms with Crippen molar-refractivity contribution in [3.8, 4) is 0 Å². The Kier molecular flexibility index (Phi) is 7.10. The van der Waals surface area contributed by atoms with Crippen LogP contribution in [0.25, 0.3) is 0 Å². The van der Waals surface area contributed by atoms with Gasteiger partial charge in [-0.15, -0.1) is 0 Å². The lowest BCUT2D eigenvalue weighted by atomic mass is 9.82. The molecule has 2 N–H and O–H groups in total. The van der Waals surface area contributed by atoms with Crippen LogP contribution in [0.4, 0.5) is 4.79 Å². The summed E-state index contributed by atoms with van der Waals surface area (Å²) in [6.45, 7) is 5.99. The maximum Gasteiger partial charge on any atom is 0.326 e. The van der Waals surface area contributed by atoms with Crippen LogP contribution in [-0.4, -0.2) is 35.3 Å². The van der Waals surface area contributed by atoms with Crippen LogP contribution < -0.4 is 10.6 Å². The van der Waals surface area contributed by atoms with Crippen molar-refractivity contribution in [1.82, 2.24) is 15.5 Å². The van der Waals surface area contributed by atoms with Gasteiger partial charge in [0.15, 0.2) is 5.54 Å². The van der Waals surface area contributed by atoms with Gasteiger partial charge in [-0.25, -0.2) is 4.79 Å². The van der Waals surface area contributed by atoms with Gasteiger partial charge in [0.25, 0.3) is 5.91 Å². The lowest BCUT2D eigenvalue weighted by molar-refractivity contribution is -0.134.